The summed E-state index contributed by atoms with van der Waals surface area (Å²) in [5.41, 5.74) is 0.780. The second-order valence-electron chi connectivity index (χ2n) is 5.61. The van der Waals surface area contributed by atoms with Gasteiger partial charge in [-0.15, -0.1) is 0 Å². The zero-order chi connectivity index (χ0) is 13.4. The number of amides is 1. The number of halogens is 1. The van der Waals surface area contributed by atoms with Crippen molar-refractivity contribution in [2.24, 2.45) is 12.5 Å². The molecule has 1 heterocycles. The second kappa shape index (κ2) is 4.84. The summed E-state index contributed by atoms with van der Waals surface area (Å²) in [5, 5.41) is 0. The molecule has 1 aromatic rings. The summed E-state index contributed by atoms with van der Waals surface area (Å²) in [7, 11) is 3.74. The van der Waals surface area contributed by atoms with Gasteiger partial charge in [0.15, 0.2) is 0 Å². The molecule has 1 amide bonds. The molecule has 17 heavy (non-hydrogen) atoms. The molecule has 0 fully saturated rings. The van der Waals surface area contributed by atoms with Crippen LogP contribution in [0.1, 0.15) is 38.2 Å². The lowest BCUT2D eigenvalue weighted by atomic mass is 9.87. The van der Waals surface area contributed by atoms with Crippen LogP contribution in [0.3, 0.4) is 0 Å². The van der Waals surface area contributed by atoms with Gasteiger partial charge in [0.05, 0.1) is 0 Å². The van der Waals surface area contributed by atoms with E-state index in [0.717, 1.165) is 4.47 Å². The molecule has 1 atom stereocenters. The van der Waals surface area contributed by atoms with Crippen molar-refractivity contribution in [1.29, 1.82) is 0 Å². The van der Waals surface area contributed by atoms with Gasteiger partial charge in [-0.3, -0.25) is 4.79 Å². The number of rotatable bonds is 2. The van der Waals surface area contributed by atoms with E-state index in [-0.39, 0.29) is 17.4 Å². The summed E-state index contributed by atoms with van der Waals surface area (Å²) in [6.45, 7) is 8.50. The highest BCUT2D eigenvalue weighted by Crippen LogP contribution is 2.25. The van der Waals surface area contributed by atoms with Gasteiger partial charge in [-0.2, -0.15) is 0 Å². The van der Waals surface area contributed by atoms with Crippen LogP contribution in [0.15, 0.2) is 16.7 Å². The Hall–Kier alpha value is -0.770. The maximum absolute atomic E-state index is 12.4. The van der Waals surface area contributed by atoms with Crippen LogP contribution < -0.4 is 0 Å². The first-order valence-corrected chi connectivity index (χ1v) is 6.53. The predicted octanol–water partition coefficient (Wildman–Crippen LogP) is 3.29. The van der Waals surface area contributed by atoms with Crippen LogP contribution >= 0.6 is 15.9 Å². The Morgan fingerprint density at radius 3 is 2.35 bits per heavy atom. The van der Waals surface area contributed by atoms with Crippen LogP contribution in [0.25, 0.3) is 0 Å². The highest BCUT2D eigenvalue weighted by molar-refractivity contribution is 9.10. The molecule has 0 aliphatic carbocycles. The maximum atomic E-state index is 12.4. The topological polar surface area (TPSA) is 25.2 Å². The molecule has 0 saturated carbocycles. The lowest BCUT2D eigenvalue weighted by Gasteiger charge is -2.35. The van der Waals surface area contributed by atoms with Crippen molar-refractivity contribution in [3.8, 4) is 0 Å². The van der Waals surface area contributed by atoms with E-state index < -0.39 is 0 Å². The molecule has 1 aromatic heterocycles. The number of hydrogen-bond acceptors (Lipinski definition) is 1. The highest BCUT2D eigenvalue weighted by atomic mass is 79.9. The van der Waals surface area contributed by atoms with Crippen molar-refractivity contribution < 1.29 is 4.79 Å². The van der Waals surface area contributed by atoms with Gasteiger partial charge in [0.25, 0.3) is 5.91 Å². The SMILES string of the molecule is CC(N(C)C(=O)c1cc(Br)cn1C)C(C)(C)C. The molecule has 0 aliphatic heterocycles. The van der Waals surface area contributed by atoms with Gasteiger partial charge in [0.1, 0.15) is 5.69 Å². The van der Waals surface area contributed by atoms with Crippen LogP contribution in [0.4, 0.5) is 0 Å². The molecule has 0 aromatic carbocycles. The zero-order valence-corrected chi connectivity index (χ0v) is 13.0. The number of hydrogen-bond donors (Lipinski definition) is 0. The molecule has 1 rings (SSSR count). The third kappa shape index (κ3) is 3.12. The minimum atomic E-state index is 0.0561. The zero-order valence-electron chi connectivity index (χ0n) is 11.4. The van der Waals surface area contributed by atoms with E-state index in [2.05, 4.69) is 43.6 Å². The van der Waals surface area contributed by atoms with Gasteiger partial charge in [-0.1, -0.05) is 20.8 Å². The van der Waals surface area contributed by atoms with Crippen LogP contribution in [0, 0.1) is 5.41 Å². The average Bonchev–Trinajstić information content (AvgIpc) is 2.53. The fourth-order valence-electron chi connectivity index (χ4n) is 1.67. The molecule has 96 valence electrons. The number of carbonyl (C=O) groups is 1. The molecule has 0 saturated heterocycles. The fraction of sp³-hybridized carbons (Fsp3) is 0.615. The van der Waals surface area contributed by atoms with Gasteiger partial charge in [0.2, 0.25) is 0 Å². The lowest BCUT2D eigenvalue weighted by Crippen LogP contribution is -2.43. The highest BCUT2D eigenvalue weighted by Gasteiger charge is 2.28. The van der Waals surface area contributed by atoms with Crippen molar-refractivity contribution >= 4 is 21.8 Å². The maximum Gasteiger partial charge on any atom is 0.270 e. The molecule has 0 N–H and O–H groups in total. The van der Waals surface area contributed by atoms with Crippen molar-refractivity contribution in [3.63, 3.8) is 0 Å². The predicted molar refractivity (Wildman–Crippen MR) is 74.1 cm³/mol. The Kier molecular flexibility index (Phi) is 4.07. The molecule has 0 aliphatic rings. The van der Waals surface area contributed by atoms with Gasteiger partial charge in [0, 0.05) is 30.8 Å². The van der Waals surface area contributed by atoms with Gasteiger partial charge >= 0.3 is 0 Å². The van der Waals surface area contributed by atoms with E-state index in [0.29, 0.717) is 5.69 Å². The minimum Gasteiger partial charge on any atom is -0.345 e. The molecule has 0 radical (unpaired) electrons. The van der Waals surface area contributed by atoms with E-state index in [1.165, 1.54) is 0 Å². The number of aromatic nitrogens is 1. The van der Waals surface area contributed by atoms with Crippen LogP contribution in [-0.4, -0.2) is 28.5 Å². The number of aryl methyl sites for hydroxylation is 1. The Balaban J connectivity index is 2.95. The largest absolute Gasteiger partial charge is 0.345 e. The first-order chi connectivity index (χ1) is 7.64. The van der Waals surface area contributed by atoms with Crippen molar-refractivity contribution in [2.45, 2.75) is 33.7 Å². The van der Waals surface area contributed by atoms with Crippen molar-refractivity contribution in [1.82, 2.24) is 9.47 Å². The summed E-state index contributed by atoms with van der Waals surface area (Å²) in [4.78, 5) is 14.2. The van der Waals surface area contributed by atoms with Crippen molar-refractivity contribution in [2.75, 3.05) is 7.05 Å². The van der Waals surface area contributed by atoms with E-state index >= 15 is 0 Å². The first-order valence-electron chi connectivity index (χ1n) is 5.73. The van der Waals surface area contributed by atoms with Gasteiger partial charge < -0.3 is 9.47 Å². The normalized spacial score (nSPS) is 13.6. The molecular formula is C13H21BrN2O. The molecule has 0 spiro atoms. The minimum absolute atomic E-state index is 0.0561. The molecular weight excluding hydrogens is 280 g/mol. The smallest absolute Gasteiger partial charge is 0.270 e. The molecule has 3 nitrogen and oxygen atoms in total. The van der Waals surface area contributed by atoms with Crippen molar-refractivity contribution in [3.05, 3.63) is 22.4 Å². The molecule has 1 unspecified atom stereocenters. The Labute approximate surface area is 112 Å². The summed E-state index contributed by atoms with van der Waals surface area (Å²) in [6.07, 6.45) is 1.89. The summed E-state index contributed by atoms with van der Waals surface area (Å²) < 4.78 is 2.78. The quantitative estimate of drug-likeness (QED) is 0.823. The fourth-order valence-corrected chi connectivity index (χ4v) is 2.20. The first kappa shape index (κ1) is 14.3. The van der Waals surface area contributed by atoms with Gasteiger partial charge in [-0.05, 0) is 34.3 Å². The second-order valence-corrected chi connectivity index (χ2v) is 6.53. The van der Waals surface area contributed by atoms with E-state index in [1.54, 1.807) is 0 Å². The number of nitrogens with zero attached hydrogens (tertiary/aromatic N) is 2. The summed E-state index contributed by atoms with van der Waals surface area (Å²) >= 11 is 3.39. The Morgan fingerprint density at radius 2 is 2.00 bits per heavy atom. The molecule has 0 bridgehead atoms. The van der Waals surface area contributed by atoms with E-state index in [9.17, 15) is 4.79 Å². The van der Waals surface area contributed by atoms with Crippen LogP contribution in [-0.2, 0) is 7.05 Å². The number of carbonyl (C=O) groups excluding carboxylic acids is 1. The van der Waals surface area contributed by atoms with Crippen LogP contribution in [0.5, 0.6) is 0 Å². The standard InChI is InChI=1S/C13H21BrN2O/c1-9(13(2,3)4)16(6)12(17)11-7-10(14)8-15(11)5/h7-9H,1-6H3. The summed E-state index contributed by atoms with van der Waals surface area (Å²) in [6, 6.07) is 2.04. The third-order valence-corrected chi connectivity index (χ3v) is 3.78. The van der Waals surface area contributed by atoms with E-state index in [1.807, 2.05) is 35.8 Å². The van der Waals surface area contributed by atoms with Crippen LogP contribution in [0.2, 0.25) is 0 Å². The Morgan fingerprint density at radius 1 is 1.47 bits per heavy atom. The average molecular weight is 301 g/mol. The monoisotopic (exact) mass is 300 g/mol. The Bertz CT molecular complexity index is 418. The lowest BCUT2D eigenvalue weighted by molar-refractivity contribution is 0.0619. The summed E-state index contributed by atoms with van der Waals surface area (Å²) in [5.74, 6) is 0.0561. The van der Waals surface area contributed by atoms with Gasteiger partial charge in [-0.25, -0.2) is 0 Å². The molecule has 4 heteroatoms. The van der Waals surface area contributed by atoms with E-state index in [4.69, 9.17) is 0 Å². The third-order valence-electron chi connectivity index (χ3n) is 3.35.